The van der Waals surface area contributed by atoms with E-state index in [-0.39, 0.29) is 0 Å². The van der Waals surface area contributed by atoms with E-state index in [0.29, 0.717) is 12.5 Å². The number of nitrogens with one attached hydrogen (secondary N) is 3. The molecular formula is C6H15N3O2S. The Morgan fingerprint density at radius 3 is 2.58 bits per heavy atom. The molecule has 0 unspecified atom stereocenters. The topological polar surface area (TPSA) is 70.2 Å². The Labute approximate surface area is 73.1 Å². The summed E-state index contributed by atoms with van der Waals surface area (Å²) in [6.07, 6.45) is 0.911. The standard InChI is InChI=1S/C6H15N3O2S/c1-7-12(10,11)9-3-2-6-4-8-5-6/h6-9H,2-5H2,1H3. The molecule has 0 spiro atoms. The molecule has 12 heavy (non-hydrogen) atoms. The lowest BCUT2D eigenvalue weighted by Crippen LogP contribution is -2.44. The first kappa shape index (κ1) is 9.91. The summed E-state index contributed by atoms with van der Waals surface area (Å²) in [6, 6.07) is 0. The highest BCUT2D eigenvalue weighted by Crippen LogP contribution is 2.06. The third-order valence-electron chi connectivity index (χ3n) is 1.98. The molecule has 0 saturated carbocycles. The summed E-state index contributed by atoms with van der Waals surface area (Å²) in [5.74, 6) is 0.643. The van der Waals surface area contributed by atoms with Gasteiger partial charge in [-0.15, -0.1) is 0 Å². The van der Waals surface area contributed by atoms with Crippen LogP contribution in [-0.4, -0.2) is 35.1 Å². The maximum atomic E-state index is 10.8. The molecule has 0 aromatic carbocycles. The van der Waals surface area contributed by atoms with E-state index in [1.54, 1.807) is 0 Å². The largest absolute Gasteiger partial charge is 0.316 e. The lowest BCUT2D eigenvalue weighted by atomic mass is 10.00. The summed E-state index contributed by atoms with van der Waals surface area (Å²) >= 11 is 0. The predicted octanol–water partition coefficient (Wildman–Crippen LogP) is -1.35. The highest BCUT2D eigenvalue weighted by molar-refractivity contribution is 7.87. The van der Waals surface area contributed by atoms with Crippen molar-refractivity contribution in [2.24, 2.45) is 5.92 Å². The van der Waals surface area contributed by atoms with Gasteiger partial charge in [-0.25, -0.2) is 9.44 Å². The molecule has 5 nitrogen and oxygen atoms in total. The first-order chi connectivity index (χ1) is 5.64. The minimum Gasteiger partial charge on any atom is -0.316 e. The van der Waals surface area contributed by atoms with Crippen LogP contribution in [0.25, 0.3) is 0 Å². The van der Waals surface area contributed by atoms with Crippen molar-refractivity contribution in [1.29, 1.82) is 0 Å². The third kappa shape index (κ3) is 3.06. The summed E-state index contributed by atoms with van der Waals surface area (Å²) in [7, 11) is -1.82. The molecule has 3 N–H and O–H groups in total. The molecular weight excluding hydrogens is 178 g/mol. The Hall–Kier alpha value is -0.170. The van der Waals surface area contributed by atoms with Crippen molar-refractivity contribution < 1.29 is 8.42 Å². The van der Waals surface area contributed by atoms with Crippen LogP contribution < -0.4 is 14.8 Å². The number of hydrogen-bond acceptors (Lipinski definition) is 3. The molecule has 0 aromatic rings. The van der Waals surface area contributed by atoms with Gasteiger partial charge in [0.2, 0.25) is 0 Å². The van der Waals surface area contributed by atoms with Crippen LogP contribution in [0.4, 0.5) is 0 Å². The first-order valence-electron chi connectivity index (χ1n) is 4.03. The van der Waals surface area contributed by atoms with Crippen LogP contribution >= 0.6 is 0 Å². The smallest absolute Gasteiger partial charge is 0.276 e. The Morgan fingerprint density at radius 2 is 2.17 bits per heavy atom. The molecule has 0 aliphatic carbocycles. The van der Waals surface area contributed by atoms with E-state index in [1.807, 2.05) is 0 Å². The second-order valence-electron chi connectivity index (χ2n) is 2.91. The summed E-state index contributed by atoms with van der Waals surface area (Å²) in [5, 5.41) is 3.13. The van der Waals surface area contributed by atoms with E-state index in [4.69, 9.17) is 0 Å². The van der Waals surface area contributed by atoms with Gasteiger partial charge in [-0.3, -0.25) is 0 Å². The average molecular weight is 193 g/mol. The van der Waals surface area contributed by atoms with E-state index < -0.39 is 10.2 Å². The van der Waals surface area contributed by atoms with E-state index in [1.165, 1.54) is 7.05 Å². The van der Waals surface area contributed by atoms with Gasteiger partial charge >= 0.3 is 0 Å². The van der Waals surface area contributed by atoms with Crippen molar-refractivity contribution in [3.05, 3.63) is 0 Å². The van der Waals surface area contributed by atoms with E-state index >= 15 is 0 Å². The monoisotopic (exact) mass is 193 g/mol. The van der Waals surface area contributed by atoms with Gasteiger partial charge in [0.15, 0.2) is 0 Å². The van der Waals surface area contributed by atoms with Gasteiger partial charge in [0, 0.05) is 13.6 Å². The Morgan fingerprint density at radius 1 is 1.50 bits per heavy atom. The van der Waals surface area contributed by atoms with Crippen LogP contribution in [0.1, 0.15) is 6.42 Å². The van der Waals surface area contributed by atoms with Crippen LogP contribution in [0.3, 0.4) is 0 Å². The van der Waals surface area contributed by atoms with Gasteiger partial charge in [0.1, 0.15) is 0 Å². The molecule has 0 radical (unpaired) electrons. The number of rotatable bonds is 5. The summed E-state index contributed by atoms with van der Waals surface area (Å²) in [6.45, 7) is 2.55. The molecule has 1 saturated heterocycles. The normalized spacial score (nSPS) is 19.1. The highest BCUT2D eigenvalue weighted by Gasteiger charge is 2.16. The molecule has 1 heterocycles. The van der Waals surface area contributed by atoms with Crippen LogP contribution in [0.2, 0.25) is 0 Å². The molecule has 1 rings (SSSR count). The maximum absolute atomic E-state index is 10.8. The molecule has 1 fully saturated rings. The van der Waals surface area contributed by atoms with Crippen molar-refractivity contribution >= 4 is 10.2 Å². The molecule has 1 aliphatic heterocycles. The molecule has 0 atom stereocenters. The summed E-state index contributed by atoms with van der Waals surface area (Å²) in [5.41, 5.74) is 0. The highest BCUT2D eigenvalue weighted by atomic mass is 32.2. The zero-order valence-electron chi connectivity index (χ0n) is 7.13. The fourth-order valence-corrected chi connectivity index (χ4v) is 1.55. The van der Waals surface area contributed by atoms with Crippen LogP contribution in [0.5, 0.6) is 0 Å². The van der Waals surface area contributed by atoms with Gasteiger partial charge < -0.3 is 5.32 Å². The van der Waals surface area contributed by atoms with Gasteiger partial charge in [0.25, 0.3) is 10.2 Å². The van der Waals surface area contributed by atoms with Crippen molar-refractivity contribution in [3.63, 3.8) is 0 Å². The fraction of sp³-hybridized carbons (Fsp3) is 1.00. The molecule has 6 heteroatoms. The van der Waals surface area contributed by atoms with Crippen molar-refractivity contribution in [2.45, 2.75) is 6.42 Å². The predicted molar refractivity (Wildman–Crippen MR) is 47.0 cm³/mol. The SMILES string of the molecule is CNS(=O)(=O)NCCC1CNC1. The van der Waals surface area contributed by atoms with E-state index in [2.05, 4.69) is 14.8 Å². The summed E-state index contributed by atoms with van der Waals surface area (Å²) in [4.78, 5) is 0. The van der Waals surface area contributed by atoms with E-state index in [9.17, 15) is 8.42 Å². The van der Waals surface area contributed by atoms with Crippen LogP contribution in [0, 0.1) is 5.92 Å². The Balaban J connectivity index is 2.08. The first-order valence-corrected chi connectivity index (χ1v) is 5.51. The zero-order chi connectivity index (χ0) is 9.03. The molecule has 72 valence electrons. The minimum absolute atomic E-state index is 0.523. The second-order valence-corrected chi connectivity index (χ2v) is 4.62. The lowest BCUT2D eigenvalue weighted by Gasteiger charge is -2.26. The van der Waals surface area contributed by atoms with Crippen LogP contribution in [-0.2, 0) is 10.2 Å². The zero-order valence-corrected chi connectivity index (χ0v) is 7.95. The Kier molecular flexibility index (Phi) is 3.45. The minimum atomic E-state index is -3.22. The van der Waals surface area contributed by atoms with Gasteiger partial charge in [0.05, 0.1) is 0 Å². The third-order valence-corrected chi connectivity index (χ3v) is 3.10. The molecule has 0 amide bonds. The number of hydrogen-bond donors (Lipinski definition) is 3. The lowest BCUT2D eigenvalue weighted by molar-refractivity contribution is 0.328. The van der Waals surface area contributed by atoms with Crippen molar-refractivity contribution in [2.75, 3.05) is 26.7 Å². The average Bonchev–Trinajstić information content (AvgIpc) is 1.95. The molecule has 0 aromatic heterocycles. The van der Waals surface area contributed by atoms with E-state index in [0.717, 1.165) is 19.5 Å². The fourth-order valence-electron chi connectivity index (χ4n) is 1.02. The van der Waals surface area contributed by atoms with Crippen molar-refractivity contribution in [1.82, 2.24) is 14.8 Å². The Bertz CT molecular complexity index is 223. The molecule has 0 bridgehead atoms. The molecule has 1 aliphatic rings. The maximum Gasteiger partial charge on any atom is 0.276 e. The van der Waals surface area contributed by atoms with Crippen LogP contribution in [0.15, 0.2) is 0 Å². The van der Waals surface area contributed by atoms with Gasteiger partial charge in [-0.1, -0.05) is 0 Å². The van der Waals surface area contributed by atoms with Gasteiger partial charge in [-0.05, 0) is 25.4 Å². The quantitative estimate of drug-likeness (QED) is 0.505. The summed E-state index contributed by atoms with van der Waals surface area (Å²) < 4.78 is 26.3. The van der Waals surface area contributed by atoms with Gasteiger partial charge in [-0.2, -0.15) is 8.42 Å². The second kappa shape index (κ2) is 4.18. The van der Waals surface area contributed by atoms with Crippen molar-refractivity contribution in [3.8, 4) is 0 Å².